The second-order valence-corrected chi connectivity index (χ2v) is 4.52. The maximum Gasteiger partial charge on any atom is 0.253 e. The van der Waals surface area contributed by atoms with Crippen molar-refractivity contribution >= 4 is 29.1 Å². The van der Waals surface area contributed by atoms with Gasteiger partial charge >= 0.3 is 0 Å². The van der Waals surface area contributed by atoms with Crippen molar-refractivity contribution in [3.8, 4) is 0 Å². The molecule has 0 atom stereocenters. The van der Waals surface area contributed by atoms with Gasteiger partial charge in [-0.25, -0.2) is 0 Å². The van der Waals surface area contributed by atoms with Crippen LogP contribution in [0.15, 0.2) is 18.2 Å². The van der Waals surface area contributed by atoms with E-state index in [1.165, 1.54) is 0 Å². The lowest BCUT2D eigenvalue weighted by Crippen LogP contribution is -2.27. The van der Waals surface area contributed by atoms with Gasteiger partial charge in [-0.3, -0.25) is 4.79 Å². The number of hydrogen-bond donors (Lipinski definition) is 0. The van der Waals surface area contributed by atoms with Crippen molar-refractivity contribution in [2.45, 2.75) is 19.8 Å². The highest BCUT2D eigenvalue weighted by Crippen LogP contribution is 2.23. The highest BCUT2D eigenvalue weighted by molar-refractivity contribution is 6.42. The average molecular weight is 260 g/mol. The van der Waals surface area contributed by atoms with E-state index in [-0.39, 0.29) is 5.91 Å². The van der Waals surface area contributed by atoms with E-state index in [0.29, 0.717) is 15.6 Å². The average Bonchev–Trinajstić information content (AvgIpc) is 2.28. The molecule has 1 amide bonds. The van der Waals surface area contributed by atoms with Crippen LogP contribution in [-0.2, 0) is 0 Å². The van der Waals surface area contributed by atoms with Gasteiger partial charge < -0.3 is 4.90 Å². The molecule has 0 aromatic heterocycles. The summed E-state index contributed by atoms with van der Waals surface area (Å²) < 4.78 is 0. The molecule has 0 aliphatic rings. The molecule has 0 heterocycles. The molecular formula is C12H15Cl2NO. The van der Waals surface area contributed by atoms with Gasteiger partial charge in [-0.05, 0) is 24.6 Å². The largest absolute Gasteiger partial charge is 0.342 e. The van der Waals surface area contributed by atoms with Crippen LogP contribution in [0.5, 0.6) is 0 Å². The fraction of sp³-hybridized carbons (Fsp3) is 0.417. The number of hydrogen-bond acceptors (Lipinski definition) is 1. The Morgan fingerprint density at radius 2 is 2.00 bits per heavy atom. The van der Waals surface area contributed by atoms with Crippen LogP contribution in [0.3, 0.4) is 0 Å². The predicted octanol–water partition coefficient (Wildman–Crippen LogP) is 3.87. The highest BCUT2D eigenvalue weighted by Gasteiger charge is 2.12. The van der Waals surface area contributed by atoms with Gasteiger partial charge in [0.05, 0.1) is 10.0 Å². The van der Waals surface area contributed by atoms with Crippen molar-refractivity contribution in [1.82, 2.24) is 4.90 Å². The second-order valence-electron chi connectivity index (χ2n) is 3.71. The maximum absolute atomic E-state index is 11.9. The monoisotopic (exact) mass is 259 g/mol. The Balaban J connectivity index is 2.76. The van der Waals surface area contributed by atoms with Crippen LogP contribution in [0.1, 0.15) is 30.1 Å². The molecule has 0 N–H and O–H groups in total. The van der Waals surface area contributed by atoms with E-state index in [1.54, 1.807) is 30.1 Å². The van der Waals surface area contributed by atoms with Crippen molar-refractivity contribution in [3.05, 3.63) is 33.8 Å². The standard InChI is InChI=1S/C12H15Cl2NO/c1-3-4-7-15(2)12(16)9-5-6-10(13)11(14)8-9/h5-6,8H,3-4,7H2,1-2H3. The topological polar surface area (TPSA) is 20.3 Å². The Bertz CT molecular complexity index is 379. The summed E-state index contributed by atoms with van der Waals surface area (Å²) in [7, 11) is 1.79. The van der Waals surface area contributed by atoms with Crippen molar-refractivity contribution in [2.24, 2.45) is 0 Å². The van der Waals surface area contributed by atoms with E-state index in [9.17, 15) is 4.79 Å². The third kappa shape index (κ3) is 3.39. The van der Waals surface area contributed by atoms with E-state index in [2.05, 4.69) is 6.92 Å². The number of nitrogens with zero attached hydrogens (tertiary/aromatic N) is 1. The summed E-state index contributed by atoms with van der Waals surface area (Å²) in [5, 5.41) is 0.880. The lowest BCUT2D eigenvalue weighted by molar-refractivity contribution is 0.0793. The summed E-state index contributed by atoms with van der Waals surface area (Å²) in [5.74, 6) is -0.0213. The van der Waals surface area contributed by atoms with Crippen molar-refractivity contribution in [1.29, 1.82) is 0 Å². The third-order valence-corrected chi connectivity index (χ3v) is 3.10. The lowest BCUT2D eigenvalue weighted by atomic mass is 10.2. The zero-order valence-electron chi connectivity index (χ0n) is 9.46. The zero-order chi connectivity index (χ0) is 12.1. The molecule has 0 unspecified atom stereocenters. The number of carbonyl (C=O) groups excluding carboxylic acids is 1. The van der Waals surface area contributed by atoms with Gasteiger partial charge in [-0.2, -0.15) is 0 Å². The van der Waals surface area contributed by atoms with E-state index < -0.39 is 0 Å². The molecular weight excluding hydrogens is 245 g/mol. The molecule has 2 nitrogen and oxygen atoms in total. The van der Waals surface area contributed by atoms with Gasteiger partial charge in [-0.1, -0.05) is 36.5 Å². The first kappa shape index (κ1) is 13.3. The summed E-state index contributed by atoms with van der Waals surface area (Å²) in [6.45, 7) is 2.85. The summed E-state index contributed by atoms with van der Waals surface area (Å²) >= 11 is 11.7. The molecule has 0 saturated heterocycles. The summed E-state index contributed by atoms with van der Waals surface area (Å²) in [5.41, 5.74) is 0.577. The first-order valence-corrected chi connectivity index (χ1v) is 6.02. The van der Waals surface area contributed by atoms with Crippen LogP contribution in [-0.4, -0.2) is 24.4 Å². The molecule has 0 radical (unpaired) electrons. The smallest absolute Gasteiger partial charge is 0.253 e. The highest BCUT2D eigenvalue weighted by atomic mass is 35.5. The van der Waals surface area contributed by atoms with E-state index in [1.807, 2.05) is 0 Å². The fourth-order valence-corrected chi connectivity index (χ4v) is 1.64. The van der Waals surface area contributed by atoms with Crippen LogP contribution in [0, 0.1) is 0 Å². The number of halogens is 2. The first-order valence-electron chi connectivity index (χ1n) is 5.26. The maximum atomic E-state index is 11.9. The normalized spacial score (nSPS) is 10.2. The van der Waals surface area contributed by atoms with Gasteiger partial charge in [0.25, 0.3) is 5.91 Å². The van der Waals surface area contributed by atoms with Crippen LogP contribution in [0.25, 0.3) is 0 Å². The number of amides is 1. The molecule has 0 aliphatic heterocycles. The number of benzene rings is 1. The Labute approximate surface area is 106 Å². The molecule has 0 spiro atoms. The molecule has 16 heavy (non-hydrogen) atoms. The van der Waals surface area contributed by atoms with Crippen LogP contribution in [0.4, 0.5) is 0 Å². The minimum absolute atomic E-state index is 0.0213. The van der Waals surface area contributed by atoms with Crippen LogP contribution >= 0.6 is 23.2 Å². The Kier molecular flexibility index (Phi) is 5.10. The molecule has 0 bridgehead atoms. The van der Waals surface area contributed by atoms with E-state index in [4.69, 9.17) is 23.2 Å². The molecule has 88 valence electrons. The molecule has 4 heteroatoms. The number of rotatable bonds is 4. The summed E-state index contributed by atoms with van der Waals surface area (Å²) in [6, 6.07) is 4.94. The van der Waals surface area contributed by atoms with Crippen molar-refractivity contribution in [2.75, 3.05) is 13.6 Å². The zero-order valence-corrected chi connectivity index (χ0v) is 11.0. The molecule has 1 aromatic carbocycles. The van der Waals surface area contributed by atoms with Gasteiger partial charge in [0.1, 0.15) is 0 Å². The number of carbonyl (C=O) groups is 1. The minimum atomic E-state index is -0.0213. The molecule has 1 aromatic rings. The Morgan fingerprint density at radius 1 is 1.31 bits per heavy atom. The van der Waals surface area contributed by atoms with Crippen molar-refractivity contribution < 1.29 is 4.79 Å². The quantitative estimate of drug-likeness (QED) is 0.804. The second kappa shape index (κ2) is 6.12. The van der Waals surface area contributed by atoms with E-state index in [0.717, 1.165) is 19.4 Å². The molecule has 0 aliphatic carbocycles. The fourth-order valence-electron chi connectivity index (χ4n) is 1.35. The summed E-state index contributed by atoms with van der Waals surface area (Å²) in [6.07, 6.45) is 2.07. The third-order valence-electron chi connectivity index (χ3n) is 2.36. The predicted molar refractivity (Wildman–Crippen MR) is 68.3 cm³/mol. The molecule has 1 rings (SSSR count). The van der Waals surface area contributed by atoms with Gasteiger partial charge in [-0.15, -0.1) is 0 Å². The lowest BCUT2D eigenvalue weighted by Gasteiger charge is -2.16. The SMILES string of the molecule is CCCCN(C)C(=O)c1ccc(Cl)c(Cl)c1. The molecule has 0 saturated carbocycles. The number of unbranched alkanes of at least 4 members (excludes halogenated alkanes) is 1. The van der Waals surface area contributed by atoms with Crippen LogP contribution < -0.4 is 0 Å². The minimum Gasteiger partial charge on any atom is -0.342 e. The Morgan fingerprint density at radius 3 is 2.56 bits per heavy atom. The van der Waals surface area contributed by atoms with Crippen molar-refractivity contribution in [3.63, 3.8) is 0 Å². The Hall–Kier alpha value is -0.730. The van der Waals surface area contributed by atoms with Gasteiger partial charge in [0.15, 0.2) is 0 Å². The first-order chi connectivity index (χ1) is 7.56. The van der Waals surface area contributed by atoms with Gasteiger partial charge in [0.2, 0.25) is 0 Å². The summed E-state index contributed by atoms with van der Waals surface area (Å²) in [4.78, 5) is 13.6. The van der Waals surface area contributed by atoms with E-state index >= 15 is 0 Å². The molecule has 0 fully saturated rings. The van der Waals surface area contributed by atoms with Crippen LogP contribution in [0.2, 0.25) is 10.0 Å². The van der Waals surface area contributed by atoms with Gasteiger partial charge in [0, 0.05) is 19.2 Å².